The maximum atomic E-state index is 12.2. The van der Waals surface area contributed by atoms with E-state index in [-0.39, 0.29) is 21.5 Å². The van der Waals surface area contributed by atoms with E-state index in [1.54, 1.807) is 0 Å². The smallest absolute Gasteiger partial charge is 0.243 e. The van der Waals surface area contributed by atoms with Crippen LogP contribution >= 0.6 is 23.2 Å². The van der Waals surface area contributed by atoms with Crippen molar-refractivity contribution in [1.29, 1.82) is 0 Å². The molecule has 3 N–H and O–H groups in total. The number of sulfonamides is 1. The van der Waals surface area contributed by atoms with Crippen LogP contribution in [0.3, 0.4) is 0 Å². The van der Waals surface area contributed by atoms with Gasteiger partial charge in [0.2, 0.25) is 10.0 Å². The fourth-order valence-corrected chi connectivity index (χ4v) is 3.93. The van der Waals surface area contributed by atoms with E-state index in [4.69, 9.17) is 28.9 Å². The Bertz CT molecular complexity index is 695. The molecular weight excluding hydrogens is 319 g/mol. The number of nitrogen functional groups attached to an aromatic ring is 1. The third kappa shape index (κ3) is 3.43. The lowest BCUT2D eigenvalue weighted by Crippen LogP contribution is -2.24. The number of anilines is 1. The summed E-state index contributed by atoms with van der Waals surface area (Å²) in [7, 11) is -3.81. The van der Waals surface area contributed by atoms with Gasteiger partial charge in [-0.2, -0.15) is 0 Å². The van der Waals surface area contributed by atoms with Crippen molar-refractivity contribution < 1.29 is 8.42 Å². The lowest BCUT2D eigenvalue weighted by atomic mass is 10.2. The molecule has 0 saturated carbocycles. The summed E-state index contributed by atoms with van der Waals surface area (Å²) in [4.78, 5) is -0.161. The zero-order valence-corrected chi connectivity index (χ0v) is 12.6. The van der Waals surface area contributed by atoms with Crippen LogP contribution in [0.5, 0.6) is 0 Å². The highest BCUT2D eigenvalue weighted by Gasteiger charge is 2.22. The van der Waals surface area contributed by atoms with E-state index < -0.39 is 10.0 Å². The third-order valence-corrected chi connectivity index (χ3v) is 4.92. The second-order valence-electron chi connectivity index (χ2n) is 4.12. The molecule has 0 radical (unpaired) electrons. The summed E-state index contributed by atoms with van der Waals surface area (Å²) in [6.07, 6.45) is 0. The lowest BCUT2D eigenvalue weighted by molar-refractivity contribution is 0.581. The van der Waals surface area contributed by atoms with Gasteiger partial charge in [-0.25, -0.2) is 13.1 Å². The zero-order valence-electron chi connectivity index (χ0n) is 10.3. The maximum Gasteiger partial charge on any atom is 0.243 e. The Kier molecular flexibility index (Phi) is 4.55. The van der Waals surface area contributed by atoms with Crippen molar-refractivity contribution >= 4 is 38.9 Å². The normalized spacial score (nSPS) is 11.5. The van der Waals surface area contributed by atoms with Crippen LogP contribution in [-0.4, -0.2) is 8.42 Å². The molecule has 0 aliphatic carbocycles. The number of hydrogen-bond acceptors (Lipinski definition) is 3. The van der Waals surface area contributed by atoms with E-state index in [9.17, 15) is 8.42 Å². The van der Waals surface area contributed by atoms with Crippen molar-refractivity contribution in [2.75, 3.05) is 5.73 Å². The van der Waals surface area contributed by atoms with Gasteiger partial charge in [0, 0.05) is 12.2 Å². The molecular formula is C13H12Cl2N2O2S. The van der Waals surface area contributed by atoms with Crippen LogP contribution in [0.25, 0.3) is 0 Å². The topological polar surface area (TPSA) is 72.2 Å². The van der Waals surface area contributed by atoms with Crippen LogP contribution in [0.1, 0.15) is 5.56 Å². The van der Waals surface area contributed by atoms with Crippen LogP contribution in [0.4, 0.5) is 5.69 Å². The largest absolute Gasteiger partial charge is 0.399 e. The Morgan fingerprint density at radius 2 is 1.60 bits per heavy atom. The molecule has 0 spiro atoms. The first-order valence-corrected chi connectivity index (χ1v) is 7.92. The number of benzene rings is 2. The van der Waals surface area contributed by atoms with Crippen LogP contribution < -0.4 is 10.5 Å². The number of rotatable bonds is 4. The van der Waals surface area contributed by atoms with E-state index in [0.717, 1.165) is 5.56 Å². The molecule has 0 heterocycles. The molecule has 106 valence electrons. The Morgan fingerprint density at radius 1 is 1.05 bits per heavy atom. The molecule has 0 saturated heterocycles. The summed E-state index contributed by atoms with van der Waals surface area (Å²) in [6.45, 7) is 0.153. The SMILES string of the molecule is Nc1cc(Cl)c(S(=O)(=O)NCc2ccccc2)c(Cl)c1. The summed E-state index contributed by atoms with van der Waals surface area (Å²) in [5.74, 6) is 0. The highest BCUT2D eigenvalue weighted by molar-refractivity contribution is 7.89. The van der Waals surface area contributed by atoms with Crippen molar-refractivity contribution in [3.8, 4) is 0 Å². The summed E-state index contributed by atoms with van der Waals surface area (Å²) in [6, 6.07) is 11.8. The number of nitrogens with two attached hydrogens (primary N) is 1. The van der Waals surface area contributed by atoms with Gasteiger partial charge in [-0.15, -0.1) is 0 Å². The van der Waals surface area contributed by atoms with Gasteiger partial charge in [0.1, 0.15) is 4.90 Å². The molecule has 0 atom stereocenters. The number of hydrogen-bond donors (Lipinski definition) is 2. The molecule has 0 aliphatic rings. The molecule has 0 amide bonds. The number of nitrogens with one attached hydrogen (secondary N) is 1. The third-order valence-electron chi connectivity index (χ3n) is 2.60. The van der Waals surface area contributed by atoms with Gasteiger partial charge in [-0.05, 0) is 17.7 Å². The second kappa shape index (κ2) is 6.01. The van der Waals surface area contributed by atoms with Gasteiger partial charge in [0.15, 0.2) is 0 Å². The monoisotopic (exact) mass is 330 g/mol. The van der Waals surface area contributed by atoms with Crippen LogP contribution in [0.15, 0.2) is 47.4 Å². The van der Waals surface area contributed by atoms with E-state index in [0.29, 0.717) is 5.69 Å². The van der Waals surface area contributed by atoms with Crippen molar-refractivity contribution in [2.45, 2.75) is 11.4 Å². The molecule has 2 aromatic rings. The molecule has 4 nitrogen and oxygen atoms in total. The first kappa shape index (κ1) is 15.1. The molecule has 0 aromatic heterocycles. The quantitative estimate of drug-likeness (QED) is 0.846. The summed E-state index contributed by atoms with van der Waals surface area (Å²) < 4.78 is 26.9. The molecule has 0 bridgehead atoms. The van der Waals surface area contributed by atoms with Gasteiger partial charge in [0.25, 0.3) is 0 Å². The fourth-order valence-electron chi connectivity index (χ4n) is 1.68. The number of halogens is 2. The molecule has 0 aliphatic heterocycles. The average Bonchev–Trinajstić information content (AvgIpc) is 2.36. The highest BCUT2D eigenvalue weighted by Crippen LogP contribution is 2.31. The Hall–Kier alpha value is -1.27. The van der Waals surface area contributed by atoms with Crippen molar-refractivity contribution in [3.05, 3.63) is 58.1 Å². The first-order valence-electron chi connectivity index (χ1n) is 5.68. The minimum atomic E-state index is -3.81. The van der Waals surface area contributed by atoms with Crippen molar-refractivity contribution in [2.24, 2.45) is 0 Å². The van der Waals surface area contributed by atoms with Gasteiger partial charge in [-0.3, -0.25) is 0 Å². The highest BCUT2D eigenvalue weighted by atomic mass is 35.5. The Balaban J connectivity index is 2.28. The van der Waals surface area contributed by atoms with Crippen LogP contribution in [-0.2, 0) is 16.6 Å². The minimum Gasteiger partial charge on any atom is -0.399 e. The average molecular weight is 331 g/mol. The lowest BCUT2D eigenvalue weighted by Gasteiger charge is -2.11. The van der Waals surface area contributed by atoms with Gasteiger partial charge < -0.3 is 5.73 Å². The predicted octanol–water partition coefficient (Wildman–Crippen LogP) is 3.05. The van der Waals surface area contributed by atoms with E-state index >= 15 is 0 Å². The molecule has 2 rings (SSSR count). The van der Waals surface area contributed by atoms with Gasteiger partial charge in [0.05, 0.1) is 10.0 Å². The minimum absolute atomic E-state index is 0.00411. The van der Waals surface area contributed by atoms with Crippen molar-refractivity contribution in [3.63, 3.8) is 0 Å². The summed E-state index contributed by atoms with van der Waals surface area (Å²) in [5, 5.41) is -0.00822. The van der Waals surface area contributed by atoms with Gasteiger partial charge in [-0.1, -0.05) is 53.5 Å². The Labute approximate surface area is 127 Å². The zero-order chi connectivity index (χ0) is 14.8. The van der Waals surface area contributed by atoms with E-state index in [1.807, 2.05) is 30.3 Å². The Morgan fingerprint density at radius 3 is 2.15 bits per heavy atom. The van der Waals surface area contributed by atoms with Crippen molar-refractivity contribution in [1.82, 2.24) is 4.72 Å². The molecule has 20 heavy (non-hydrogen) atoms. The molecule has 2 aromatic carbocycles. The van der Waals surface area contributed by atoms with E-state index in [2.05, 4.69) is 4.72 Å². The maximum absolute atomic E-state index is 12.2. The summed E-state index contributed by atoms with van der Waals surface area (Å²) in [5.41, 5.74) is 6.69. The standard InChI is InChI=1S/C13H12Cl2N2O2S/c14-11-6-10(16)7-12(15)13(11)20(18,19)17-8-9-4-2-1-3-5-9/h1-7,17H,8,16H2. The van der Waals surface area contributed by atoms with Crippen LogP contribution in [0, 0.1) is 0 Å². The molecule has 0 fully saturated rings. The summed E-state index contributed by atoms with van der Waals surface area (Å²) >= 11 is 11.8. The second-order valence-corrected chi connectivity index (χ2v) is 6.64. The van der Waals surface area contributed by atoms with Gasteiger partial charge >= 0.3 is 0 Å². The van der Waals surface area contributed by atoms with Crippen LogP contribution in [0.2, 0.25) is 10.0 Å². The van der Waals surface area contributed by atoms with E-state index in [1.165, 1.54) is 12.1 Å². The predicted molar refractivity (Wildman–Crippen MR) is 81.3 cm³/mol. The fraction of sp³-hybridized carbons (Fsp3) is 0.0769. The first-order chi connectivity index (χ1) is 9.40. The molecule has 0 unspecified atom stereocenters. The molecule has 7 heteroatoms.